The fourth-order valence-electron chi connectivity index (χ4n) is 4.18. The number of carboxylic acid groups (broad SMARTS) is 1. The highest BCUT2D eigenvalue weighted by atomic mass is 32.2. The minimum absolute atomic E-state index is 0.0626. The highest BCUT2D eigenvalue weighted by Crippen LogP contribution is 2.33. The van der Waals surface area contributed by atoms with E-state index < -0.39 is 28.0 Å². The zero-order valence-corrected chi connectivity index (χ0v) is 22.4. The summed E-state index contributed by atoms with van der Waals surface area (Å²) in [7, 11) is -2.47. The van der Waals surface area contributed by atoms with Gasteiger partial charge in [0.25, 0.3) is 0 Å². The van der Waals surface area contributed by atoms with Crippen molar-refractivity contribution in [1.82, 2.24) is 4.72 Å². The van der Waals surface area contributed by atoms with Crippen LogP contribution in [-0.4, -0.2) is 32.6 Å². The molecule has 8 heteroatoms. The number of methoxy groups -OCH3 is 1. The van der Waals surface area contributed by atoms with Crippen LogP contribution in [0.15, 0.2) is 89.9 Å². The van der Waals surface area contributed by atoms with Crippen LogP contribution in [0, 0.1) is 5.92 Å². The second-order valence-electron chi connectivity index (χ2n) is 9.38. The molecule has 2 N–H and O–H groups in total. The van der Waals surface area contributed by atoms with Gasteiger partial charge in [0, 0.05) is 0 Å². The predicted molar refractivity (Wildman–Crippen MR) is 148 cm³/mol. The Kier molecular flexibility index (Phi) is 8.34. The number of nitrogens with one attached hydrogen (secondary N) is 1. The van der Waals surface area contributed by atoms with Crippen molar-refractivity contribution in [3.63, 3.8) is 0 Å². The number of benzene rings is 3. The van der Waals surface area contributed by atoms with Gasteiger partial charge in [-0.05, 0) is 76.6 Å². The zero-order chi connectivity index (χ0) is 27.3. The van der Waals surface area contributed by atoms with Gasteiger partial charge in [0.1, 0.15) is 24.1 Å². The lowest BCUT2D eigenvalue weighted by atomic mass is 9.98. The second kappa shape index (κ2) is 11.7. The van der Waals surface area contributed by atoms with Crippen LogP contribution in [0.3, 0.4) is 0 Å². The molecule has 0 fully saturated rings. The summed E-state index contributed by atoms with van der Waals surface area (Å²) in [6, 6.07) is 19.2. The molecular formula is C30H31NO6S. The first-order chi connectivity index (χ1) is 18.2. The van der Waals surface area contributed by atoms with Crippen molar-refractivity contribution in [2.75, 3.05) is 7.11 Å². The first kappa shape index (κ1) is 27.2. The summed E-state index contributed by atoms with van der Waals surface area (Å²) >= 11 is 0. The Hall–Kier alpha value is -3.88. The van der Waals surface area contributed by atoms with Crippen molar-refractivity contribution in [2.45, 2.75) is 37.8 Å². The molecule has 0 spiro atoms. The van der Waals surface area contributed by atoms with Crippen molar-refractivity contribution < 1.29 is 27.8 Å². The monoisotopic (exact) mass is 533 g/mol. The van der Waals surface area contributed by atoms with Crippen LogP contribution in [-0.2, 0) is 21.4 Å². The molecule has 1 aliphatic rings. The van der Waals surface area contributed by atoms with E-state index in [9.17, 15) is 18.3 Å². The quantitative estimate of drug-likeness (QED) is 0.329. The molecule has 198 valence electrons. The van der Waals surface area contributed by atoms with Gasteiger partial charge in [0.15, 0.2) is 0 Å². The second-order valence-corrected chi connectivity index (χ2v) is 11.1. The van der Waals surface area contributed by atoms with Crippen LogP contribution >= 0.6 is 0 Å². The number of aliphatic carboxylic acids is 1. The lowest BCUT2D eigenvalue weighted by Crippen LogP contribution is -2.44. The van der Waals surface area contributed by atoms with Crippen molar-refractivity contribution >= 4 is 21.6 Å². The van der Waals surface area contributed by atoms with E-state index in [4.69, 9.17) is 9.47 Å². The molecule has 0 heterocycles. The largest absolute Gasteiger partial charge is 0.497 e. The van der Waals surface area contributed by atoms with E-state index in [1.165, 1.54) is 0 Å². The summed E-state index contributed by atoms with van der Waals surface area (Å²) < 4.78 is 40.0. The van der Waals surface area contributed by atoms with Crippen molar-refractivity contribution in [1.29, 1.82) is 0 Å². The van der Waals surface area contributed by atoms with E-state index >= 15 is 0 Å². The smallest absolute Gasteiger partial charge is 0.322 e. The van der Waals surface area contributed by atoms with Gasteiger partial charge in [-0.25, -0.2) is 8.42 Å². The Morgan fingerprint density at radius 3 is 2.21 bits per heavy atom. The molecule has 0 unspecified atom stereocenters. The molecule has 0 bridgehead atoms. The van der Waals surface area contributed by atoms with Gasteiger partial charge in [0.2, 0.25) is 10.0 Å². The molecule has 1 atom stereocenters. The number of rotatable bonds is 11. The Morgan fingerprint density at radius 1 is 0.974 bits per heavy atom. The van der Waals surface area contributed by atoms with E-state index in [0.29, 0.717) is 18.6 Å². The minimum atomic E-state index is -4.09. The molecule has 0 radical (unpaired) electrons. The Balaban J connectivity index is 1.58. The number of carboxylic acids is 1. The number of ether oxygens (including phenoxy) is 2. The molecular weight excluding hydrogens is 502 g/mol. The first-order valence-corrected chi connectivity index (χ1v) is 13.8. The third-order valence-corrected chi connectivity index (χ3v) is 7.85. The highest BCUT2D eigenvalue weighted by molar-refractivity contribution is 7.89. The molecule has 38 heavy (non-hydrogen) atoms. The van der Waals surface area contributed by atoms with Gasteiger partial charge in [-0.3, -0.25) is 4.79 Å². The molecule has 0 amide bonds. The summed E-state index contributed by atoms with van der Waals surface area (Å²) in [5, 5.41) is 9.51. The maximum atomic E-state index is 13.3. The van der Waals surface area contributed by atoms with Gasteiger partial charge in [-0.1, -0.05) is 62.4 Å². The predicted octanol–water partition coefficient (Wildman–Crippen LogP) is 5.67. The summed E-state index contributed by atoms with van der Waals surface area (Å²) in [4.78, 5) is 11.7. The van der Waals surface area contributed by atoms with Gasteiger partial charge in [0.05, 0.1) is 12.0 Å². The lowest BCUT2D eigenvalue weighted by molar-refractivity contribution is -0.140. The van der Waals surface area contributed by atoms with Crippen LogP contribution in [0.4, 0.5) is 0 Å². The van der Waals surface area contributed by atoms with Crippen LogP contribution in [0.5, 0.6) is 11.5 Å². The van der Waals surface area contributed by atoms with Gasteiger partial charge in [-0.2, -0.15) is 4.72 Å². The normalized spacial score (nSPS) is 13.8. The molecule has 0 aromatic heterocycles. The molecule has 0 saturated heterocycles. The summed E-state index contributed by atoms with van der Waals surface area (Å²) in [6.45, 7) is 3.74. The molecule has 0 saturated carbocycles. The van der Waals surface area contributed by atoms with Crippen molar-refractivity contribution in [2.24, 2.45) is 5.92 Å². The summed E-state index contributed by atoms with van der Waals surface area (Å²) in [6.07, 6.45) is 6.32. The van der Waals surface area contributed by atoms with E-state index in [1.807, 2.05) is 72.8 Å². The number of sulfonamides is 1. The summed E-state index contributed by atoms with van der Waals surface area (Å²) in [5.41, 5.74) is 4.18. The number of carbonyl (C=O) groups is 1. The fourth-order valence-corrected chi connectivity index (χ4v) is 5.74. The van der Waals surface area contributed by atoms with Crippen LogP contribution in [0.1, 0.15) is 31.4 Å². The van der Waals surface area contributed by atoms with E-state index in [0.717, 1.165) is 33.8 Å². The topological polar surface area (TPSA) is 102 Å². The minimum Gasteiger partial charge on any atom is -0.497 e. The number of hydrogen-bond donors (Lipinski definition) is 2. The van der Waals surface area contributed by atoms with Crippen molar-refractivity contribution in [3.05, 3.63) is 96.1 Å². The van der Waals surface area contributed by atoms with E-state index in [2.05, 4.69) is 4.72 Å². The molecule has 7 nitrogen and oxygen atoms in total. The number of allylic oxidation sites excluding steroid dienone is 4. The average molecular weight is 534 g/mol. The van der Waals surface area contributed by atoms with Crippen LogP contribution in [0.25, 0.3) is 16.7 Å². The Morgan fingerprint density at radius 2 is 1.63 bits per heavy atom. The van der Waals surface area contributed by atoms with E-state index in [-0.39, 0.29) is 4.90 Å². The zero-order valence-electron chi connectivity index (χ0n) is 21.5. The van der Waals surface area contributed by atoms with Gasteiger partial charge in [-0.15, -0.1) is 0 Å². The van der Waals surface area contributed by atoms with Gasteiger partial charge >= 0.3 is 5.97 Å². The van der Waals surface area contributed by atoms with Crippen LogP contribution in [0.2, 0.25) is 0 Å². The average Bonchev–Trinajstić information content (AvgIpc) is 3.46. The highest BCUT2D eigenvalue weighted by Gasteiger charge is 2.30. The Labute approximate surface area is 223 Å². The van der Waals surface area contributed by atoms with E-state index in [1.54, 1.807) is 33.1 Å². The summed E-state index contributed by atoms with van der Waals surface area (Å²) in [5.74, 6) is -0.114. The first-order valence-electron chi connectivity index (χ1n) is 12.3. The molecule has 3 aromatic rings. The van der Waals surface area contributed by atoms with Crippen LogP contribution < -0.4 is 14.2 Å². The molecule has 4 rings (SSSR count). The Bertz CT molecular complexity index is 1460. The van der Waals surface area contributed by atoms with Gasteiger partial charge < -0.3 is 14.6 Å². The molecule has 0 aliphatic heterocycles. The molecule has 1 aliphatic carbocycles. The van der Waals surface area contributed by atoms with Crippen molar-refractivity contribution in [3.8, 4) is 22.6 Å². The number of hydrogen-bond acceptors (Lipinski definition) is 5. The SMILES string of the molecule is COc1ccc(OCc2ccc(-c3ccc(S(=O)(=O)N[C@@H](C(=O)O)C(C)C)c(C4=CC=CC4)c3)cc2)cc1. The third-order valence-electron chi connectivity index (χ3n) is 6.35. The lowest BCUT2D eigenvalue weighted by Gasteiger charge is -2.20. The third kappa shape index (κ3) is 6.33. The fraction of sp³-hybridized carbons (Fsp3) is 0.233. The maximum absolute atomic E-state index is 13.3. The maximum Gasteiger partial charge on any atom is 0.322 e. The molecule has 3 aromatic carbocycles. The standard InChI is InChI=1S/C30H31NO6S/c1-20(2)29(30(32)33)31-38(34,35)28-17-12-24(18-27(28)23-6-4-5-7-23)22-10-8-21(9-11-22)19-37-26-15-13-25(36-3)14-16-26/h4-6,8-18,20,29,31H,7,19H2,1-3H3,(H,32,33)/t29-/m1/s1.